The van der Waals surface area contributed by atoms with Gasteiger partial charge in [-0.3, -0.25) is 9.78 Å². The lowest BCUT2D eigenvalue weighted by Crippen LogP contribution is -2.46. The van der Waals surface area contributed by atoms with Crippen LogP contribution in [0.5, 0.6) is 0 Å². The summed E-state index contributed by atoms with van der Waals surface area (Å²) in [5.74, 6) is -0.921. The van der Waals surface area contributed by atoms with Gasteiger partial charge in [0.15, 0.2) is 0 Å². The fourth-order valence-electron chi connectivity index (χ4n) is 3.09. The molecule has 0 radical (unpaired) electrons. The lowest BCUT2D eigenvalue weighted by atomic mass is 10.0. The van der Waals surface area contributed by atoms with Crippen LogP contribution in [0.4, 0.5) is 0 Å². The molecule has 0 saturated carbocycles. The largest absolute Gasteiger partial charge is 0.441 e. The predicted molar refractivity (Wildman–Crippen MR) is 115 cm³/mol. The van der Waals surface area contributed by atoms with Crippen LogP contribution in [-0.4, -0.2) is 27.0 Å². The number of rotatable bonds is 7. The molecule has 0 aliphatic heterocycles. The van der Waals surface area contributed by atoms with E-state index in [1.54, 1.807) is 35.7 Å². The van der Waals surface area contributed by atoms with Crippen LogP contribution in [0.3, 0.4) is 0 Å². The van der Waals surface area contributed by atoms with Crippen LogP contribution >= 0.6 is 11.3 Å². The van der Waals surface area contributed by atoms with Crippen molar-refractivity contribution in [2.45, 2.75) is 58.7 Å². The van der Waals surface area contributed by atoms with Crippen LogP contribution in [0.1, 0.15) is 69.4 Å². The van der Waals surface area contributed by atoms with Crippen molar-refractivity contribution >= 4 is 33.4 Å². The normalized spacial score (nSPS) is 12.9. The second-order valence-electron chi connectivity index (χ2n) is 7.93. The number of fused-ring (bicyclic) bond motifs is 1. The number of pyridine rings is 1. The van der Waals surface area contributed by atoms with Gasteiger partial charge in [0.05, 0.1) is 15.9 Å². The third-order valence-corrected chi connectivity index (χ3v) is 5.80. The van der Waals surface area contributed by atoms with Gasteiger partial charge in [-0.1, -0.05) is 13.0 Å². The Bertz CT molecular complexity index is 1000. The number of esters is 1. The van der Waals surface area contributed by atoms with E-state index in [1.165, 1.54) is 0 Å². The molecule has 0 aromatic carbocycles. The monoisotopic (exact) mass is 413 g/mol. The average Bonchev–Trinajstić information content (AvgIpc) is 3.27. The molecule has 3 heterocycles. The summed E-state index contributed by atoms with van der Waals surface area (Å²) in [7, 11) is 0. The number of nitrogens with one attached hydrogen (secondary N) is 1. The minimum Gasteiger partial charge on any atom is -0.441 e. The third kappa shape index (κ3) is 4.50. The molecule has 3 rings (SSSR count). The Hall–Kier alpha value is -2.67. The van der Waals surface area contributed by atoms with Crippen molar-refractivity contribution in [1.82, 2.24) is 14.9 Å². The van der Waals surface area contributed by atoms with Gasteiger partial charge >= 0.3 is 5.97 Å². The van der Waals surface area contributed by atoms with Gasteiger partial charge in [-0.15, -0.1) is 11.3 Å². The Labute approximate surface area is 174 Å². The van der Waals surface area contributed by atoms with Gasteiger partial charge in [0, 0.05) is 17.8 Å². The summed E-state index contributed by atoms with van der Waals surface area (Å²) in [5.41, 5.74) is 1.40. The molecule has 3 aromatic heterocycles. The molecule has 1 N–H and O–H groups in total. The molecule has 0 aliphatic carbocycles. The molecule has 0 bridgehead atoms. The van der Waals surface area contributed by atoms with Crippen LogP contribution in [0.2, 0.25) is 0 Å². The Morgan fingerprint density at radius 2 is 2.03 bits per heavy atom. The van der Waals surface area contributed by atoms with Gasteiger partial charge in [0.25, 0.3) is 5.91 Å². The molecule has 29 heavy (non-hydrogen) atoms. The number of amides is 1. The lowest BCUT2D eigenvalue weighted by Gasteiger charge is -2.27. The molecule has 1 amide bonds. The average molecular weight is 414 g/mol. The summed E-state index contributed by atoms with van der Waals surface area (Å²) < 4.78 is 8.69. The first-order valence-corrected chi connectivity index (χ1v) is 10.6. The van der Waals surface area contributed by atoms with E-state index in [0.717, 1.165) is 16.6 Å². The van der Waals surface area contributed by atoms with E-state index in [9.17, 15) is 9.59 Å². The van der Waals surface area contributed by atoms with E-state index in [0.29, 0.717) is 11.4 Å². The maximum absolute atomic E-state index is 13.1. The summed E-state index contributed by atoms with van der Waals surface area (Å²) >= 11 is 1.57. The van der Waals surface area contributed by atoms with E-state index in [1.807, 2.05) is 56.7 Å². The van der Waals surface area contributed by atoms with E-state index in [4.69, 9.17) is 4.74 Å². The molecule has 0 saturated heterocycles. The lowest BCUT2D eigenvalue weighted by molar-refractivity contribution is -0.132. The summed E-state index contributed by atoms with van der Waals surface area (Å²) in [6.07, 6.45) is 1.21. The highest BCUT2D eigenvalue weighted by Gasteiger charge is 2.32. The Balaban J connectivity index is 1.94. The first-order valence-electron chi connectivity index (χ1n) is 9.76. The maximum atomic E-state index is 13.1. The zero-order chi connectivity index (χ0) is 21.2. The van der Waals surface area contributed by atoms with Gasteiger partial charge in [0.1, 0.15) is 5.69 Å². The SMILES string of the molecule is CCC(C)(C)NC(=O)[C@@H](OC(=O)c1cc2sccc2n1C(C)C)c1ccccn1. The molecule has 0 fully saturated rings. The molecule has 154 valence electrons. The molecule has 3 aromatic rings. The fourth-order valence-corrected chi connectivity index (χ4v) is 3.90. The number of hydrogen-bond donors (Lipinski definition) is 1. The maximum Gasteiger partial charge on any atom is 0.356 e. The topological polar surface area (TPSA) is 73.2 Å². The smallest absolute Gasteiger partial charge is 0.356 e. The van der Waals surface area contributed by atoms with Crippen LogP contribution < -0.4 is 5.32 Å². The Morgan fingerprint density at radius 3 is 2.66 bits per heavy atom. The fraction of sp³-hybridized carbons (Fsp3) is 0.409. The van der Waals surface area contributed by atoms with Crippen LogP contribution in [0, 0.1) is 0 Å². The van der Waals surface area contributed by atoms with Crippen LogP contribution in [0.25, 0.3) is 10.2 Å². The summed E-state index contributed by atoms with van der Waals surface area (Å²) in [4.78, 5) is 30.4. The number of hydrogen-bond acceptors (Lipinski definition) is 5. The zero-order valence-electron chi connectivity index (χ0n) is 17.4. The highest BCUT2D eigenvalue weighted by Crippen LogP contribution is 2.30. The van der Waals surface area contributed by atoms with Crippen molar-refractivity contribution in [2.75, 3.05) is 0 Å². The van der Waals surface area contributed by atoms with Crippen molar-refractivity contribution in [1.29, 1.82) is 0 Å². The molecule has 0 unspecified atom stereocenters. The van der Waals surface area contributed by atoms with Crippen molar-refractivity contribution in [3.05, 3.63) is 53.3 Å². The van der Waals surface area contributed by atoms with E-state index in [2.05, 4.69) is 10.3 Å². The Kier molecular flexibility index (Phi) is 6.07. The second-order valence-corrected chi connectivity index (χ2v) is 8.88. The summed E-state index contributed by atoms with van der Waals surface area (Å²) in [6, 6.07) is 9.11. The first-order chi connectivity index (χ1) is 13.7. The summed E-state index contributed by atoms with van der Waals surface area (Å²) in [6.45, 7) is 9.88. The zero-order valence-corrected chi connectivity index (χ0v) is 18.2. The molecule has 1 atom stereocenters. The van der Waals surface area contributed by atoms with Gasteiger partial charge in [-0.25, -0.2) is 4.79 Å². The first kappa shape index (κ1) is 21.0. The highest BCUT2D eigenvalue weighted by molar-refractivity contribution is 7.17. The minimum atomic E-state index is -1.12. The van der Waals surface area contributed by atoms with Crippen molar-refractivity contribution in [3.63, 3.8) is 0 Å². The quantitative estimate of drug-likeness (QED) is 0.560. The van der Waals surface area contributed by atoms with E-state index < -0.39 is 17.6 Å². The number of aromatic nitrogens is 2. The molecule has 6 nitrogen and oxygen atoms in total. The number of thiophene rings is 1. The van der Waals surface area contributed by atoms with Crippen molar-refractivity contribution in [3.8, 4) is 0 Å². The molecule has 7 heteroatoms. The van der Waals surface area contributed by atoms with Crippen LogP contribution in [0.15, 0.2) is 41.9 Å². The van der Waals surface area contributed by atoms with E-state index in [-0.39, 0.29) is 11.9 Å². The number of ether oxygens (including phenoxy) is 1. The summed E-state index contributed by atoms with van der Waals surface area (Å²) in [5, 5.41) is 4.96. The van der Waals surface area contributed by atoms with Gasteiger partial charge in [-0.2, -0.15) is 0 Å². The number of carbonyl (C=O) groups excluding carboxylic acids is 2. The number of nitrogens with zero attached hydrogens (tertiary/aromatic N) is 2. The van der Waals surface area contributed by atoms with Gasteiger partial charge in [-0.05, 0) is 63.8 Å². The molecule has 0 spiro atoms. The molecular weight excluding hydrogens is 386 g/mol. The van der Waals surface area contributed by atoms with Crippen LogP contribution in [-0.2, 0) is 9.53 Å². The Morgan fingerprint density at radius 1 is 1.28 bits per heavy atom. The second kappa shape index (κ2) is 8.37. The van der Waals surface area contributed by atoms with Crippen molar-refractivity contribution < 1.29 is 14.3 Å². The molecule has 0 aliphatic rings. The minimum absolute atomic E-state index is 0.0748. The van der Waals surface area contributed by atoms with E-state index >= 15 is 0 Å². The van der Waals surface area contributed by atoms with Gasteiger partial charge < -0.3 is 14.6 Å². The van der Waals surface area contributed by atoms with Crippen molar-refractivity contribution in [2.24, 2.45) is 0 Å². The molecular formula is C22H27N3O3S. The third-order valence-electron chi connectivity index (χ3n) is 4.95. The number of carbonyl (C=O) groups is 2. The standard InChI is InChI=1S/C22H27N3O3S/c1-6-22(4,5)24-20(26)19(15-9-7-8-11-23-15)28-21(27)17-13-18-16(10-12-29-18)25(17)14(2)3/h7-14,19H,6H2,1-5H3,(H,24,26)/t19-/m0/s1. The highest BCUT2D eigenvalue weighted by atomic mass is 32.1. The predicted octanol–water partition coefficient (Wildman–Crippen LogP) is 4.88. The van der Waals surface area contributed by atoms with Gasteiger partial charge in [0.2, 0.25) is 6.10 Å².